The summed E-state index contributed by atoms with van der Waals surface area (Å²) >= 11 is 0. The van der Waals surface area contributed by atoms with E-state index in [1.54, 1.807) is 21.3 Å². The number of fused-ring (bicyclic) bond motifs is 1. The first-order valence-corrected chi connectivity index (χ1v) is 11.0. The van der Waals surface area contributed by atoms with E-state index in [1.807, 2.05) is 29.2 Å². The van der Waals surface area contributed by atoms with Crippen LogP contribution >= 0.6 is 0 Å². The van der Waals surface area contributed by atoms with Crippen molar-refractivity contribution >= 4 is 5.91 Å². The average Bonchev–Trinajstić information content (AvgIpc) is 3.11. The van der Waals surface area contributed by atoms with Crippen LogP contribution in [0, 0.1) is 5.92 Å². The monoisotopic (exact) mass is 424 g/mol. The van der Waals surface area contributed by atoms with E-state index in [2.05, 4.69) is 17.0 Å². The second-order valence-electron chi connectivity index (χ2n) is 8.46. The summed E-state index contributed by atoms with van der Waals surface area (Å²) in [6.45, 7) is 4.65. The molecule has 0 aromatic heterocycles. The van der Waals surface area contributed by atoms with Crippen molar-refractivity contribution in [1.29, 1.82) is 0 Å². The van der Waals surface area contributed by atoms with Gasteiger partial charge in [0.2, 0.25) is 0 Å². The summed E-state index contributed by atoms with van der Waals surface area (Å²) in [5, 5.41) is 0. The molecule has 0 N–H and O–H groups in total. The van der Waals surface area contributed by atoms with Crippen LogP contribution in [0.3, 0.4) is 0 Å². The molecule has 2 heterocycles. The number of nitrogens with zero attached hydrogens (tertiary/aromatic N) is 2. The van der Waals surface area contributed by atoms with Crippen LogP contribution in [-0.2, 0) is 13.0 Å². The van der Waals surface area contributed by atoms with Gasteiger partial charge in [-0.1, -0.05) is 12.1 Å². The lowest BCUT2D eigenvalue weighted by Crippen LogP contribution is -2.41. The van der Waals surface area contributed by atoms with Crippen LogP contribution in [0.5, 0.6) is 17.2 Å². The highest BCUT2D eigenvalue weighted by molar-refractivity contribution is 5.99. The van der Waals surface area contributed by atoms with Crippen molar-refractivity contribution in [3.63, 3.8) is 0 Å². The fourth-order valence-electron chi connectivity index (χ4n) is 4.78. The molecular weight excluding hydrogens is 392 g/mol. The largest absolute Gasteiger partial charge is 0.497 e. The normalized spacial score (nSPS) is 18.7. The third-order valence-corrected chi connectivity index (χ3v) is 6.42. The Kier molecular flexibility index (Phi) is 6.66. The number of hydrogen-bond donors (Lipinski definition) is 0. The van der Waals surface area contributed by atoms with Crippen molar-refractivity contribution < 1.29 is 19.0 Å². The van der Waals surface area contributed by atoms with Gasteiger partial charge in [-0.15, -0.1) is 0 Å². The molecule has 4 rings (SSSR count). The quantitative estimate of drug-likeness (QED) is 0.648. The SMILES string of the molecule is COc1cccc(CCN2CCCC(CN3Cc4cc(OC)c(OC)cc4C3=O)C2)c1. The van der Waals surface area contributed by atoms with Gasteiger partial charge in [0.15, 0.2) is 11.5 Å². The Morgan fingerprint density at radius 3 is 2.61 bits per heavy atom. The molecule has 166 valence electrons. The van der Waals surface area contributed by atoms with Gasteiger partial charge in [0.05, 0.1) is 21.3 Å². The van der Waals surface area contributed by atoms with E-state index < -0.39 is 0 Å². The summed E-state index contributed by atoms with van der Waals surface area (Å²) in [7, 11) is 4.93. The third-order valence-electron chi connectivity index (χ3n) is 6.42. The van der Waals surface area contributed by atoms with E-state index in [0.717, 1.165) is 49.5 Å². The van der Waals surface area contributed by atoms with Crippen molar-refractivity contribution in [2.24, 2.45) is 5.92 Å². The standard InChI is InChI=1S/C25H32N2O4/c1-29-21-8-4-6-18(12-21)9-11-26-10-5-7-19(15-26)16-27-17-20-13-23(30-2)24(31-3)14-22(20)25(27)28/h4,6,8,12-14,19H,5,7,9-11,15-17H2,1-3H3. The maximum absolute atomic E-state index is 13.0. The molecule has 2 aliphatic heterocycles. The summed E-state index contributed by atoms with van der Waals surface area (Å²) in [5.41, 5.74) is 3.06. The minimum absolute atomic E-state index is 0.101. The fourth-order valence-corrected chi connectivity index (χ4v) is 4.78. The van der Waals surface area contributed by atoms with Crippen LogP contribution in [0.15, 0.2) is 36.4 Å². The molecule has 0 aliphatic carbocycles. The highest BCUT2D eigenvalue weighted by Gasteiger charge is 2.32. The van der Waals surface area contributed by atoms with E-state index in [1.165, 1.54) is 18.4 Å². The number of carbonyl (C=O) groups is 1. The van der Waals surface area contributed by atoms with Crippen LogP contribution in [0.4, 0.5) is 0 Å². The first kappa shape index (κ1) is 21.5. The minimum atomic E-state index is 0.101. The Hall–Kier alpha value is -2.73. The van der Waals surface area contributed by atoms with Crippen LogP contribution in [0.25, 0.3) is 0 Å². The van der Waals surface area contributed by atoms with Crippen LogP contribution in [-0.4, -0.2) is 63.2 Å². The minimum Gasteiger partial charge on any atom is -0.497 e. The van der Waals surface area contributed by atoms with Crippen molar-refractivity contribution in [2.75, 3.05) is 47.5 Å². The number of amides is 1. The van der Waals surface area contributed by atoms with E-state index in [9.17, 15) is 4.79 Å². The molecule has 1 unspecified atom stereocenters. The molecule has 0 saturated carbocycles. The maximum atomic E-state index is 13.0. The average molecular weight is 425 g/mol. The van der Waals surface area contributed by atoms with Crippen LogP contribution in [0.2, 0.25) is 0 Å². The molecule has 1 fully saturated rings. The van der Waals surface area contributed by atoms with E-state index in [4.69, 9.17) is 14.2 Å². The predicted molar refractivity (Wildman–Crippen MR) is 120 cm³/mol. The number of piperidine rings is 1. The number of likely N-dealkylation sites (tertiary alicyclic amines) is 1. The van der Waals surface area contributed by atoms with E-state index >= 15 is 0 Å². The van der Waals surface area contributed by atoms with Gasteiger partial charge in [0.1, 0.15) is 5.75 Å². The molecule has 6 nitrogen and oxygen atoms in total. The second-order valence-corrected chi connectivity index (χ2v) is 8.46. The zero-order valence-corrected chi connectivity index (χ0v) is 18.7. The fraction of sp³-hybridized carbons (Fsp3) is 0.480. The smallest absolute Gasteiger partial charge is 0.254 e. The van der Waals surface area contributed by atoms with Gasteiger partial charge in [0, 0.05) is 31.7 Å². The highest BCUT2D eigenvalue weighted by atomic mass is 16.5. The highest BCUT2D eigenvalue weighted by Crippen LogP contribution is 2.35. The molecule has 0 radical (unpaired) electrons. The first-order chi connectivity index (χ1) is 15.1. The van der Waals surface area contributed by atoms with Crippen molar-refractivity contribution in [3.8, 4) is 17.2 Å². The van der Waals surface area contributed by atoms with Gasteiger partial charge in [-0.2, -0.15) is 0 Å². The van der Waals surface area contributed by atoms with Crippen molar-refractivity contribution in [3.05, 3.63) is 53.1 Å². The first-order valence-electron chi connectivity index (χ1n) is 11.0. The number of methoxy groups -OCH3 is 3. The van der Waals surface area contributed by atoms with Gasteiger partial charge in [-0.3, -0.25) is 4.79 Å². The lowest BCUT2D eigenvalue weighted by atomic mass is 9.97. The Morgan fingerprint density at radius 1 is 1.03 bits per heavy atom. The maximum Gasteiger partial charge on any atom is 0.254 e. The topological polar surface area (TPSA) is 51.2 Å². The zero-order chi connectivity index (χ0) is 21.8. The van der Waals surface area contributed by atoms with Gasteiger partial charge in [-0.05, 0) is 67.1 Å². The predicted octanol–water partition coefficient (Wildman–Crippen LogP) is 3.62. The molecule has 31 heavy (non-hydrogen) atoms. The number of ether oxygens (including phenoxy) is 3. The molecule has 0 bridgehead atoms. The molecule has 2 aromatic carbocycles. The Balaban J connectivity index is 1.34. The Bertz CT molecular complexity index is 930. The molecule has 1 atom stereocenters. The zero-order valence-electron chi connectivity index (χ0n) is 18.7. The summed E-state index contributed by atoms with van der Waals surface area (Å²) < 4.78 is 16.1. The summed E-state index contributed by atoms with van der Waals surface area (Å²) in [6.07, 6.45) is 3.36. The molecule has 0 spiro atoms. The molecule has 2 aromatic rings. The Labute approximate surface area is 184 Å². The summed E-state index contributed by atoms with van der Waals surface area (Å²) in [4.78, 5) is 17.5. The van der Waals surface area contributed by atoms with E-state index in [-0.39, 0.29) is 5.91 Å². The lowest BCUT2D eigenvalue weighted by molar-refractivity contribution is 0.0703. The van der Waals surface area contributed by atoms with Gasteiger partial charge >= 0.3 is 0 Å². The molecule has 1 amide bonds. The van der Waals surface area contributed by atoms with Crippen LogP contribution in [0.1, 0.15) is 34.3 Å². The lowest BCUT2D eigenvalue weighted by Gasteiger charge is -2.34. The number of hydrogen-bond acceptors (Lipinski definition) is 5. The third kappa shape index (κ3) is 4.79. The van der Waals surface area contributed by atoms with E-state index in [0.29, 0.717) is 24.0 Å². The molecule has 2 aliphatic rings. The number of carbonyl (C=O) groups excluding carboxylic acids is 1. The number of benzene rings is 2. The second kappa shape index (κ2) is 9.60. The molecule has 1 saturated heterocycles. The Morgan fingerprint density at radius 2 is 1.84 bits per heavy atom. The van der Waals surface area contributed by atoms with Gasteiger partial charge in [-0.25, -0.2) is 0 Å². The summed E-state index contributed by atoms with van der Waals surface area (Å²) in [5.74, 6) is 2.80. The molecular formula is C25H32N2O4. The summed E-state index contributed by atoms with van der Waals surface area (Å²) in [6, 6.07) is 12.1. The van der Waals surface area contributed by atoms with Crippen LogP contribution < -0.4 is 14.2 Å². The molecule has 6 heteroatoms. The van der Waals surface area contributed by atoms with Crippen molar-refractivity contribution in [1.82, 2.24) is 9.80 Å². The van der Waals surface area contributed by atoms with Crippen molar-refractivity contribution in [2.45, 2.75) is 25.8 Å². The number of rotatable bonds is 8. The van der Waals surface area contributed by atoms with Gasteiger partial charge < -0.3 is 24.0 Å². The van der Waals surface area contributed by atoms with Gasteiger partial charge in [0.25, 0.3) is 5.91 Å².